The number of aryl methyl sites for hydroxylation is 2. The fourth-order valence-electron chi connectivity index (χ4n) is 4.66. The Morgan fingerprint density at radius 2 is 1.95 bits per heavy atom. The second-order valence-electron chi connectivity index (χ2n) is 9.64. The number of amidine groups is 2. The maximum Gasteiger partial charge on any atom is 0.304 e. The van der Waals surface area contributed by atoms with Gasteiger partial charge in [-0.15, -0.1) is 0 Å². The number of nitrogens with zero attached hydrogens (tertiary/aromatic N) is 8. The summed E-state index contributed by atoms with van der Waals surface area (Å²) in [6.07, 6.45) is 4.26. The number of nitrogens with one attached hydrogen (secondary N) is 1. The molecule has 0 atom stereocenters. The molecule has 41 heavy (non-hydrogen) atoms. The summed E-state index contributed by atoms with van der Waals surface area (Å²) in [5.41, 5.74) is 15.8. The Hall–Kier alpha value is -4.82. The number of aliphatic imine (C=N–C) groups is 3. The Bertz CT molecular complexity index is 1570. The molecule has 1 aromatic carbocycles. The molecule has 212 valence electrons. The van der Waals surface area contributed by atoms with E-state index in [0.29, 0.717) is 66.2 Å². The zero-order chi connectivity index (χ0) is 28.9. The second kappa shape index (κ2) is 12.1. The van der Waals surface area contributed by atoms with E-state index < -0.39 is 0 Å². The van der Waals surface area contributed by atoms with Gasteiger partial charge in [0.25, 0.3) is 0 Å². The Morgan fingerprint density at radius 3 is 2.66 bits per heavy atom. The molecule has 0 saturated carbocycles. The fourth-order valence-corrected chi connectivity index (χ4v) is 4.66. The highest BCUT2D eigenvalue weighted by molar-refractivity contribution is 6.18. The number of hydrogen-bond acceptors (Lipinski definition) is 10. The van der Waals surface area contributed by atoms with Gasteiger partial charge in [-0.3, -0.25) is 14.9 Å². The molecular weight excluding hydrogens is 527 g/mol. The number of nitrogens with two attached hydrogens (primary N) is 3. The van der Waals surface area contributed by atoms with E-state index in [4.69, 9.17) is 21.4 Å². The number of piperazine rings is 1. The van der Waals surface area contributed by atoms with Crippen LogP contribution in [-0.2, 0) is 0 Å². The Labute approximate surface area is 236 Å². The van der Waals surface area contributed by atoms with Crippen LogP contribution in [0.15, 0.2) is 67.6 Å². The van der Waals surface area contributed by atoms with E-state index in [1.165, 1.54) is 12.3 Å². The monoisotopic (exact) mass is 559 g/mol. The summed E-state index contributed by atoms with van der Waals surface area (Å²) < 4.78 is 20.1. The smallest absolute Gasteiger partial charge is 0.304 e. The third-order valence-corrected chi connectivity index (χ3v) is 6.79. The maximum atomic E-state index is 14.7. The molecule has 0 amide bonds. The van der Waals surface area contributed by atoms with Gasteiger partial charge in [0.2, 0.25) is 5.82 Å². The number of anilines is 1. The lowest BCUT2D eigenvalue weighted by atomic mass is 10.1. The van der Waals surface area contributed by atoms with Crippen LogP contribution >= 0.6 is 0 Å². The summed E-state index contributed by atoms with van der Waals surface area (Å²) in [4.78, 5) is 26.1. The number of aromatic nitrogens is 3. The molecule has 1 fully saturated rings. The highest BCUT2D eigenvalue weighted by Crippen LogP contribution is 2.28. The average molecular weight is 560 g/mol. The molecule has 0 unspecified atom stereocenters. The quantitative estimate of drug-likeness (QED) is 0.228. The zero-order valence-electron chi connectivity index (χ0n) is 22.9. The minimum atomic E-state index is -0.270. The highest BCUT2D eigenvalue weighted by atomic mass is 19.1. The molecule has 0 spiro atoms. The van der Waals surface area contributed by atoms with E-state index >= 15 is 0 Å². The van der Waals surface area contributed by atoms with Crippen LogP contribution in [0, 0.1) is 25.1 Å². The number of guanidine groups is 1. The van der Waals surface area contributed by atoms with Crippen molar-refractivity contribution in [1.29, 1.82) is 5.41 Å². The van der Waals surface area contributed by atoms with Gasteiger partial charge in [0, 0.05) is 63.0 Å². The van der Waals surface area contributed by atoms with Gasteiger partial charge in [-0.2, -0.15) is 9.98 Å². The van der Waals surface area contributed by atoms with Gasteiger partial charge in [0.15, 0.2) is 17.4 Å². The standard InChI is InChI=1S/C27H31FN12O/c1-16-13-22(41-38-16)18-3-4-20(28)21(14-18)40-11-9-39(10-12-40)8-7-34-25-19(15-29)26(37-27(31)36-25)35-24(30)23-17(2)32-5-6-33-23/h3-6,13-15,29H,7-12H2,1-2H3,(H5,30,31,34,35,36,37)/p+1. The summed E-state index contributed by atoms with van der Waals surface area (Å²) >= 11 is 0. The van der Waals surface area contributed by atoms with Crippen LogP contribution in [0.2, 0.25) is 0 Å². The lowest BCUT2D eigenvalue weighted by Crippen LogP contribution is -2.90. The van der Waals surface area contributed by atoms with E-state index in [-0.39, 0.29) is 17.6 Å². The molecule has 0 aliphatic carbocycles. The number of quaternary nitrogens is 1. The summed E-state index contributed by atoms with van der Waals surface area (Å²) in [5.74, 6) is 1.42. The van der Waals surface area contributed by atoms with Crippen molar-refractivity contribution in [2.75, 3.05) is 44.2 Å². The van der Waals surface area contributed by atoms with E-state index in [1.807, 2.05) is 24.0 Å². The third-order valence-electron chi connectivity index (χ3n) is 6.79. The Morgan fingerprint density at radius 1 is 1.17 bits per heavy atom. The molecule has 2 aromatic heterocycles. The molecule has 0 bridgehead atoms. The predicted octanol–water partition coefficient (Wildman–Crippen LogP) is 0.566. The first-order valence-electron chi connectivity index (χ1n) is 13.1. The van der Waals surface area contributed by atoms with Crippen molar-refractivity contribution in [3.8, 4) is 11.3 Å². The normalized spacial score (nSPS) is 17.7. The molecule has 0 radical (unpaired) electrons. The lowest BCUT2D eigenvalue weighted by molar-refractivity contribution is -0.488. The molecule has 2 aliphatic heterocycles. The van der Waals surface area contributed by atoms with Gasteiger partial charge in [-0.25, -0.2) is 14.7 Å². The molecule has 1 saturated heterocycles. The second-order valence-corrected chi connectivity index (χ2v) is 9.64. The van der Waals surface area contributed by atoms with Crippen LogP contribution in [0.1, 0.15) is 17.1 Å². The Kier molecular flexibility index (Phi) is 8.21. The van der Waals surface area contributed by atoms with Gasteiger partial charge in [-0.1, -0.05) is 5.16 Å². The average Bonchev–Trinajstić information content (AvgIpc) is 3.40. The van der Waals surface area contributed by atoms with E-state index in [0.717, 1.165) is 30.6 Å². The summed E-state index contributed by atoms with van der Waals surface area (Å²) in [5, 5.41) is 13.4. The molecule has 5 rings (SSSR count). The van der Waals surface area contributed by atoms with E-state index in [9.17, 15) is 4.39 Å². The van der Waals surface area contributed by atoms with Crippen molar-refractivity contribution in [3.63, 3.8) is 0 Å². The summed E-state index contributed by atoms with van der Waals surface area (Å²) in [7, 11) is 0. The summed E-state index contributed by atoms with van der Waals surface area (Å²) in [6.45, 7) is 7.56. The zero-order valence-corrected chi connectivity index (χ0v) is 22.9. The SMILES string of the molecule is Cc1cc(-c2ccc(F)c(N3CCN(CCN=C4N=C(N)[NH2+]C(N=C(N)c5nccnc5C)=C4C=N)CC3)c2)on1. The molecular formula is C27H32FN12O+. The van der Waals surface area contributed by atoms with Crippen LogP contribution in [0.3, 0.4) is 0 Å². The first-order valence-corrected chi connectivity index (χ1v) is 13.1. The van der Waals surface area contributed by atoms with E-state index in [1.54, 1.807) is 24.5 Å². The van der Waals surface area contributed by atoms with Crippen LogP contribution in [-0.4, -0.2) is 83.1 Å². The van der Waals surface area contributed by atoms with Crippen molar-refractivity contribution in [3.05, 3.63) is 71.0 Å². The molecule has 13 nitrogen and oxygen atoms in total. The van der Waals surface area contributed by atoms with Crippen molar-refractivity contribution in [2.45, 2.75) is 13.8 Å². The van der Waals surface area contributed by atoms with Crippen LogP contribution in [0.4, 0.5) is 10.1 Å². The molecule has 3 aromatic rings. The molecule has 4 heterocycles. The summed E-state index contributed by atoms with van der Waals surface area (Å²) in [6, 6.07) is 6.81. The first kappa shape index (κ1) is 27.7. The topological polar surface area (TPSA) is 188 Å². The van der Waals surface area contributed by atoms with Crippen LogP contribution in [0.5, 0.6) is 0 Å². The Balaban J connectivity index is 1.23. The number of rotatable bonds is 8. The van der Waals surface area contributed by atoms with Gasteiger partial charge >= 0.3 is 5.96 Å². The van der Waals surface area contributed by atoms with Crippen LogP contribution < -0.4 is 21.7 Å². The van der Waals surface area contributed by atoms with E-state index in [2.05, 4.69) is 35.0 Å². The van der Waals surface area contributed by atoms with Crippen molar-refractivity contribution in [1.82, 2.24) is 20.0 Å². The van der Waals surface area contributed by atoms with Crippen molar-refractivity contribution >= 4 is 29.5 Å². The number of benzene rings is 1. The number of halogens is 1. The van der Waals surface area contributed by atoms with Gasteiger partial charge < -0.3 is 26.3 Å². The maximum absolute atomic E-state index is 14.7. The van der Waals surface area contributed by atoms with Crippen molar-refractivity contribution in [2.24, 2.45) is 26.4 Å². The minimum absolute atomic E-state index is 0.158. The minimum Gasteiger partial charge on any atom is -0.382 e. The molecule has 2 aliphatic rings. The highest BCUT2D eigenvalue weighted by Gasteiger charge is 2.24. The lowest BCUT2D eigenvalue weighted by Gasteiger charge is -2.36. The first-order chi connectivity index (χ1) is 19.8. The largest absolute Gasteiger partial charge is 0.382 e. The number of hydrogen-bond donors (Lipinski definition) is 4. The molecule has 7 N–H and O–H groups in total. The van der Waals surface area contributed by atoms with Gasteiger partial charge in [-0.05, 0) is 32.0 Å². The predicted molar refractivity (Wildman–Crippen MR) is 154 cm³/mol. The van der Waals surface area contributed by atoms with Gasteiger partial charge in [0.05, 0.1) is 23.6 Å². The molecule has 14 heteroatoms. The van der Waals surface area contributed by atoms with Crippen LogP contribution in [0.25, 0.3) is 11.3 Å². The van der Waals surface area contributed by atoms with Gasteiger partial charge in [0.1, 0.15) is 17.1 Å². The fraction of sp³-hybridized carbons (Fsp3) is 0.296. The third kappa shape index (κ3) is 6.34. The van der Waals surface area contributed by atoms with Crippen molar-refractivity contribution < 1.29 is 14.2 Å².